The van der Waals surface area contributed by atoms with Crippen LogP contribution in [0.2, 0.25) is 0 Å². The standard InChI is InChI=1S/C18H24N2O.C6H8ClN/c1-3-4-5-6-9-14(2)19-18(21)17-13-12-15-10-7-8-11-16(15)20-17;1-5-2-3-6(7)8-4-5/h7-8,10-14H,3-6,9H2,1-2H3,(H,19,21);3-5H,2H2,1H3. The lowest BCUT2D eigenvalue weighted by Crippen LogP contribution is -2.33. The Morgan fingerprint density at radius 1 is 1.21 bits per heavy atom. The molecule has 1 aromatic heterocycles. The van der Waals surface area contributed by atoms with E-state index >= 15 is 0 Å². The van der Waals surface area contributed by atoms with Crippen molar-refractivity contribution in [3.8, 4) is 0 Å². The molecule has 5 heteroatoms. The summed E-state index contributed by atoms with van der Waals surface area (Å²) in [5, 5.41) is 4.72. The molecule has 0 saturated heterocycles. The largest absolute Gasteiger partial charge is 0.348 e. The molecule has 1 aromatic carbocycles. The zero-order valence-corrected chi connectivity index (χ0v) is 18.5. The summed E-state index contributed by atoms with van der Waals surface area (Å²) >= 11 is 5.55. The first-order chi connectivity index (χ1) is 14.0. The highest BCUT2D eigenvalue weighted by molar-refractivity contribution is 6.29. The summed E-state index contributed by atoms with van der Waals surface area (Å²) in [6.07, 6.45) is 10.8. The van der Waals surface area contributed by atoms with Crippen molar-refractivity contribution in [2.24, 2.45) is 10.9 Å². The van der Waals surface area contributed by atoms with Gasteiger partial charge in [-0.1, -0.05) is 75.4 Å². The maximum absolute atomic E-state index is 12.2. The van der Waals surface area contributed by atoms with Crippen molar-refractivity contribution in [2.45, 2.75) is 65.3 Å². The first-order valence-electron chi connectivity index (χ1n) is 10.6. The van der Waals surface area contributed by atoms with Crippen molar-refractivity contribution in [3.63, 3.8) is 0 Å². The number of benzene rings is 1. The molecule has 4 nitrogen and oxygen atoms in total. The normalized spacial score (nSPS) is 16.6. The lowest BCUT2D eigenvalue weighted by atomic mass is 10.1. The molecule has 0 radical (unpaired) electrons. The number of allylic oxidation sites excluding steroid dienone is 1. The molecule has 2 unspecified atom stereocenters. The third-order valence-electron chi connectivity index (χ3n) is 4.81. The molecule has 0 spiro atoms. The van der Waals surface area contributed by atoms with Crippen molar-refractivity contribution in [2.75, 3.05) is 0 Å². The molecule has 2 heterocycles. The van der Waals surface area contributed by atoms with Crippen LogP contribution >= 0.6 is 11.6 Å². The fraction of sp³-hybridized carbons (Fsp3) is 0.458. The van der Waals surface area contributed by atoms with Crippen LogP contribution in [0, 0.1) is 5.92 Å². The quantitative estimate of drug-likeness (QED) is 0.416. The Kier molecular flexibility index (Phi) is 9.85. The highest BCUT2D eigenvalue weighted by atomic mass is 35.5. The highest BCUT2D eigenvalue weighted by Gasteiger charge is 2.11. The predicted molar refractivity (Wildman–Crippen MR) is 124 cm³/mol. The van der Waals surface area contributed by atoms with Gasteiger partial charge in [0, 0.05) is 17.6 Å². The Morgan fingerprint density at radius 2 is 2.00 bits per heavy atom. The first-order valence-corrected chi connectivity index (χ1v) is 10.9. The van der Waals surface area contributed by atoms with Gasteiger partial charge in [-0.25, -0.2) is 9.98 Å². The lowest BCUT2D eigenvalue weighted by molar-refractivity contribution is 0.0933. The van der Waals surface area contributed by atoms with E-state index < -0.39 is 0 Å². The van der Waals surface area contributed by atoms with Crippen LogP contribution in [0.4, 0.5) is 0 Å². The Hall–Kier alpha value is -2.20. The Labute approximate surface area is 179 Å². The number of carbonyl (C=O) groups excluding carboxylic acids is 1. The third kappa shape index (κ3) is 8.36. The average molecular weight is 414 g/mol. The molecule has 0 saturated carbocycles. The van der Waals surface area contributed by atoms with Crippen LogP contribution in [0.25, 0.3) is 10.9 Å². The van der Waals surface area contributed by atoms with E-state index in [4.69, 9.17) is 11.6 Å². The van der Waals surface area contributed by atoms with E-state index in [2.05, 4.69) is 36.1 Å². The summed E-state index contributed by atoms with van der Waals surface area (Å²) in [6.45, 7) is 6.38. The third-order valence-corrected chi connectivity index (χ3v) is 5.06. The van der Waals surface area contributed by atoms with Crippen LogP contribution in [0.1, 0.15) is 69.8 Å². The number of amides is 1. The van der Waals surface area contributed by atoms with E-state index in [0.717, 1.165) is 23.7 Å². The van der Waals surface area contributed by atoms with Gasteiger partial charge in [-0.3, -0.25) is 4.79 Å². The molecule has 1 aliphatic heterocycles. The minimum Gasteiger partial charge on any atom is -0.348 e. The number of fused-ring (bicyclic) bond motifs is 1. The molecule has 2 aromatic rings. The highest BCUT2D eigenvalue weighted by Crippen LogP contribution is 2.14. The molecule has 156 valence electrons. The maximum Gasteiger partial charge on any atom is 0.270 e. The number of aliphatic imine (C=N–C) groups is 1. The smallest absolute Gasteiger partial charge is 0.270 e. The summed E-state index contributed by atoms with van der Waals surface area (Å²) in [5.41, 5.74) is 1.36. The summed E-state index contributed by atoms with van der Waals surface area (Å²) < 4.78 is 0. The summed E-state index contributed by atoms with van der Waals surface area (Å²) in [5.74, 6) is 0.487. The van der Waals surface area contributed by atoms with Crippen molar-refractivity contribution in [1.29, 1.82) is 0 Å². The topological polar surface area (TPSA) is 54.4 Å². The second-order valence-electron chi connectivity index (χ2n) is 7.63. The minimum absolute atomic E-state index is 0.0799. The Morgan fingerprint density at radius 3 is 2.69 bits per heavy atom. The van der Waals surface area contributed by atoms with Crippen molar-refractivity contribution < 1.29 is 4.79 Å². The molecule has 0 aliphatic carbocycles. The number of para-hydroxylation sites is 1. The van der Waals surface area contributed by atoms with E-state index in [1.54, 1.807) is 6.07 Å². The number of pyridine rings is 1. The Balaban J connectivity index is 0.000000313. The minimum atomic E-state index is -0.0799. The van der Waals surface area contributed by atoms with Crippen LogP contribution in [0.15, 0.2) is 52.6 Å². The molecular formula is C24H32ClN3O. The fourth-order valence-corrected chi connectivity index (χ4v) is 3.18. The van der Waals surface area contributed by atoms with Crippen molar-refractivity contribution >= 4 is 34.6 Å². The van der Waals surface area contributed by atoms with Gasteiger partial charge in [0.15, 0.2) is 0 Å². The van der Waals surface area contributed by atoms with Gasteiger partial charge in [-0.2, -0.15) is 0 Å². The Bertz CT molecular complexity index is 847. The van der Waals surface area contributed by atoms with Crippen LogP contribution in [0.3, 0.4) is 0 Å². The number of rotatable bonds is 7. The summed E-state index contributed by atoms with van der Waals surface area (Å²) in [7, 11) is 0. The second kappa shape index (κ2) is 12.4. The van der Waals surface area contributed by atoms with E-state index in [-0.39, 0.29) is 11.9 Å². The fourth-order valence-electron chi connectivity index (χ4n) is 3.03. The first kappa shape index (κ1) is 23.1. The van der Waals surface area contributed by atoms with Gasteiger partial charge in [-0.15, -0.1) is 0 Å². The number of hydrogen-bond acceptors (Lipinski definition) is 3. The lowest BCUT2D eigenvalue weighted by Gasteiger charge is -2.13. The molecule has 1 amide bonds. The number of nitrogens with one attached hydrogen (secondary N) is 1. The summed E-state index contributed by atoms with van der Waals surface area (Å²) in [4.78, 5) is 20.6. The van der Waals surface area contributed by atoms with E-state index in [1.807, 2.05) is 42.6 Å². The zero-order chi connectivity index (χ0) is 21.1. The van der Waals surface area contributed by atoms with Crippen LogP contribution < -0.4 is 5.32 Å². The van der Waals surface area contributed by atoms with Gasteiger partial charge in [0.25, 0.3) is 5.91 Å². The predicted octanol–water partition coefficient (Wildman–Crippen LogP) is 6.50. The van der Waals surface area contributed by atoms with Gasteiger partial charge >= 0.3 is 0 Å². The van der Waals surface area contributed by atoms with Crippen LogP contribution in [-0.4, -0.2) is 23.1 Å². The average Bonchev–Trinajstić information content (AvgIpc) is 2.73. The van der Waals surface area contributed by atoms with Crippen LogP contribution in [0.5, 0.6) is 0 Å². The molecule has 0 bridgehead atoms. The number of aromatic nitrogens is 1. The SMILES string of the molecule is CC1C=NC(Cl)=CC1.CCCCCCC(C)NC(=O)c1ccc2ccccc2n1. The van der Waals surface area contributed by atoms with Crippen LogP contribution in [-0.2, 0) is 0 Å². The van der Waals surface area contributed by atoms with E-state index in [0.29, 0.717) is 16.8 Å². The van der Waals surface area contributed by atoms with Gasteiger partial charge in [0.05, 0.1) is 5.52 Å². The number of halogens is 1. The number of hydrogen-bond donors (Lipinski definition) is 1. The maximum atomic E-state index is 12.2. The summed E-state index contributed by atoms with van der Waals surface area (Å²) in [6, 6.07) is 11.8. The molecule has 1 aliphatic rings. The number of nitrogens with zero attached hydrogens (tertiary/aromatic N) is 2. The molecule has 29 heavy (non-hydrogen) atoms. The molecular weight excluding hydrogens is 382 g/mol. The monoisotopic (exact) mass is 413 g/mol. The number of carbonyl (C=O) groups is 1. The molecule has 1 N–H and O–H groups in total. The molecule has 0 fully saturated rings. The molecule has 3 rings (SSSR count). The van der Waals surface area contributed by atoms with Gasteiger partial charge in [-0.05, 0) is 43.9 Å². The van der Waals surface area contributed by atoms with E-state index in [9.17, 15) is 4.79 Å². The van der Waals surface area contributed by atoms with Crippen molar-refractivity contribution in [3.05, 3.63) is 53.3 Å². The van der Waals surface area contributed by atoms with E-state index in [1.165, 1.54) is 25.7 Å². The second-order valence-corrected chi connectivity index (χ2v) is 8.02. The molecule has 2 atom stereocenters. The van der Waals surface area contributed by atoms with Gasteiger partial charge in [0.2, 0.25) is 0 Å². The zero-order valence-electron chi connectivity index (χ0n) is 17.7. The van der Waals surface area contributed by atoms with Gasteiger partial charge in [0.1, 0.15) is 10.9 Å². The number of unbranched alkanes of at least 4 members (excludes halogenated alkanes) is 3. The van der Waals surface area contributed by atoms with Gasteiger partial charge < -0.3 is 5.32 Å². The van der Waals surface area contributed by atoms with Crippen molar-refractivity contribution in [1.82, 2.24) is 10.3 Å².